The number of anilines is 3. The van der Waals surface area contributed by atoms with Crippen molar-refractivity contribution in [1.29, 1.82) is 0 Å². The van der Waals surface area contributed by atoms with Gasteiger partial charge in [-0.2, -0.15) is 0 Å². The number of urea groups is 1. The number of piperazine rings is 1. The molecule has 0 radical (unpaired) electrons. The first-order valence-electron chi connectivity index (χ1n) is 10.8. The van der Waals surface area contributed by atoms with Crippen LogP contribution in [0.5, 0.6) is 0 Å². The smallest absolute Gasteiger partial charge is 0.326 e. The number of carbonyl (C=O) groups excluding carboxylic acids is 1. The van der Waals surface area contributed by atoms with Crippen LogP contribution >= 0.6 is 11.6 Å². The minimum absolute atomic E-state index is 0.140. The predicted octanol–water partition coefficient (Wildman–Crippen LogP) is 4.14. The SMILES string of the molecule is CN1CCN(c2cc3c(cc2Cl)CCN3C(=O)Nc2ccc(-c3ncccn3)cc2)CC1. The van der Waals surface area contributed by atoms with Gasteiger partial charge in [-0.3, -0.25) is 4.90 Å². The molecule has 2 aliphatic rings. The highest BCUT2D eigenvalue weighted by Crippen LogP contribution is 2.38. The molecule has 1 aromatic heterocycles. The summed E-state index contributed by atoms with van der Waals surface area (Å²) in [6.45, 7) is 4.50. The molecule has 2 amide bonds. The number of nitrogens with one attached hydrogen (secondary N) is 1. The van der Waals surface area contributed by atoms with Crippen molar-refractivity contribution in [2.75, 3.05) is 54.9 Å². The van der Waals surface area contributed by atoms with Gasteiger partial charge in [0.15, 0.2) is 5.82 Å². The van der Waals surface area contributed by atoms with Gasteiger partial charge in [0.2, 0.25) is 0 Å². The molecule has 0 spiro atoms. The van der Waals surface area contributed by atoms with Gasteiger partial charge in [0.1, 0.15) is 0 Å². The molecule has 1 saturated heterocycles. The molecule has 32 heavy (non-hydrogen) atoms. The monoisotopic (exact) mass is 448 g/mol. The molecule has 3 heterocycles. The molecule has 164 valence electrons. The molecule has 2 aliphatic heterocycles. The van der Waals surface area contributed by atoms with Crippen molar-refractivity contribution >= 4 is 34.7 Å². The number of rotatable bonds is 3. The molecule has 8 heteroatoms. The topological polar surface area (TPSA) is 64.6 Å². The molecule has 1 N–H and O–H groups in total. The Labute approximate surface area is 192 Å². The number of fused-ring (bicyclic) bond motifs is 1. The molecule has 3 aromatic rings. The number of halogens is 1. The lowest BCUT2D eigenvalue weighted by Crippen LogP contribution is -2.44. The highest BCUT2D eigenvalue weighted by Gasteiger charge is 2.28. The minimum Gasteiger partial charge on any atom is -0.368 e. The summed E-state index contributed by atoms with van der Waals surface area (Å²) < 4.78 is 0. The Morgan fingerprint density at radius 2 is 1.69 bits per heavy atom. The van der Waals surface area contributed by atoms with E-state index >= 15 is 0 Å². The first kappa shape index (κ1) is 20.7. The van der Waals surface area contributed by atoms with Gasteiger partial charge in [0, 0.05) is 56.4 Å². The van der Waals surface area contributed by atoms with E-state index in [9.17, 15) is 4.79 Å². The zero-order valence-electron chi connectivity index (χ0n) is 18.0. The summed E-state index contributed by atoms with van der Waals surface area (Å²) in [6.07, 6.45) is 4.23. The summed E-state index contributed by atoms with van der Waals surface area (Å²) >= 11 is 6.62. The number of hydrogen-bond donors (Lipinski definition) is 1. The van der Waals surface area contributed by atoms with Crippen LogP contribution in [-0.2, 0) is 6.42 Å². The summed E-state index contributed by atoms with van der Waals surface area (Å²) in [5, 5.41) is 3.77. The maximum absolute atomic E-state index is 13.1. The number of aromatic nitrogens is 2. The molecule has 1 fully saturated rings. The third-order valence-corrected chi connectivity index (χ3v) is 6.40. The van der Waals surface area contributed by atoms with Crippen molar-refractivity contribution in [2.24, 2.45) is 0 Å². The van der Waals surface area contributed by atoms with Crippen LogP contribution in [0.3, 0.4) is 0 Å². The fourth-order valence-electron chi connectivity index (χ4n) is 4.24. The molecule has 7 nitrogen and oxygen atoms in total. The molecule has 0 bridgehead atoms. The van der Waals surface area contributed by atoms with Crippen LogP contribution in [0.25, 0.3) is 11.4 Å². The van der Waals surface area contributed by atoms with E-state index in [1.807, 2.05) is 30.3 Å². The van der Waals surface area contributed by atoms with Crippen LogP contribution in [-0.4, -0.2) is 60.7 Å². The van der Waals surface area contributed by atoms with E-state index in [1.165, 1.54) is 0 Å². The van der Waals surface area contributed by atoms with Crippen LogP contribution in [0.4, 0.5) is 21.9 Å². The van der Waals surface area contributed by atoms with Gasteiger partial charge in [-0.25, -0.2) is 14.8 Å². The number of carbonyl (C=O) groups is 1. The third-order valence-electron chi connectivity index (χ3n) is 6.09. The van der Waals surface area contributed by atoms with Gasteiger partial charge < -0.3 is 15.1 Å². The Balaban J connectivity index is 1.32. The van der Waals surface area contributed by atoms with E-state index < -0.39 is 0 Å². The van der Waals surface area contributed by atoms with Gasteiger partial charge in [-0.1, -0.05) is 11.6 Å². The summed E-state index contributed by atoms with van der Waals surface area (Å²) in [7, 11) is 2.13. The number of amides is 2. The second-order valence-corrected chi connectivity index (χ2v) is 8.61. The van der Waals surface area contributed by atoms with Crippen LogP contribution in [0, 0.1) is 0 Å². The lowest BCUT2D eigenvalue weighted by atomic mass is 10.1. The highest BCUT2D eigenvalue weighted by atomic mass is 35.5. The van der Waals surface area contributed by atoms with Crippen molar-refractivity contribution in [3.05, 3.63) is 65.4 Å². The second kappa shape index (κ2) is 8.76. The summed E-state index contributed by atoms with van der Waals surface area (Å²) in [6, 6.07) is 13.3. The highest BCUT2D eigenvalue weighted by molar-refractivity contribution is 6.33. The third kappa shape index (κ3) is 4.13. The average molecular weight is 449 g/mol. The first-order valence-corrected chi connectivity index (χ1v) is 11.2. The fourth-order valence-corrected chi connectivity index (χ4v) is 4.54. The Hall–Kier alpha value is -3.16. The number of benzene rings is 2. The van der Waals surface area contributed by atoms with E-state index in [2.05, 4.69) is 38.2 Å². The summed E-state index contributed by atoms with van der Waals surface area (Å²) in [5.74, 6) is 0.659. The van der Waals surface area contributed by atoms with E-state index in [-0.39, 0.29) is 6.03 Å². The summed E-state index contributed by atoms with van der Waals surface area (Å²) in [4.78, 5) is 28.0. The molecular formula is C24H25ClN6O. The average Bonchev–Trinajstić information content (AvgIpc) is 3.23. The van der Waals surface area contributed by atoms with Crippen LogP contribution in [0.1, 0.15) is 5.56 Å². The van der Waals surface area contributed by atoms with Gasteiger partial charge in [0.25, 0.3) is 0 Å². The predicted molar refractivity (Wildman–Crippen MR) is 129 cm³/mol. The van der Waals surface area contributed by atoms with E-state index in [1.54, 1.807) is 23.4 Å². The Kier molecular flexibility index (Phi) is 5.68. The minimum atomic E-state index is -0.140. The second-order valence-electron chi connectivity index (χ2n) is 8.20. The van der Waals surface area contributed by atoms with Crippen molar-refractivity contribution in [1.82, 2.24) is 14.9 Å². The zero-order valence-corrected chi connectivity index (χ0v) is 18.7. The van der Waals surface area contributed by atoms with Crippen molar-refractivity contribution in [2.45, 2.75) is 6.42 Å². The maximum Gasteiger partial charge on any atom is 0.326 e. The number of hydrogen-bond acceptors (Lipinski definition) is 5. The van der Waals surface area contributed by atoms with Crippen LogP contribution < -0.4 is 15.1 Å². The van der Waals surface area contributed by atoms with E-state index in [4.69, 9.17) is 11.6 Å². The molecule has 5 rings (SSSR count). The number of likely N-dealkylation sites (N-methyl/N-ethyl adjacent to an activating group) is 1. The van der Waals surface area contributed by atoms with Crippen molar-refractivity contribution in [3.63, 3.8) is 0 Å². The van der Waals surface area contributed by atoms with Crippen molar-refractivity contribution < 1.29 is 4.79 Å². The van der Waals surface area contributed by atoms with E-state index in [0.717, 1.165) is 65.8 Å². The fraction of sp³-hybridized carbons (Fsp3) is 0.292. The van der Waals surface area contributed by atoms with Crippen LogP contribution in [0.15, 0.2) is 54.9 Å². The van der Waals surface area contributed by atoms with Crippen molar-refractivity contribution in [3.8, 4) is 11.4 Å². The van der Waals surface area contributed by atoms with Gasteiger partial charge >= 0.3 is 6.03 Å². The number of nitrogens with zero attached hydrogens (tertiary/aromatic N) is 5. The molecule has 2 aromatic carbocycles. The Morgan fingerprint density at radius 3 is 2.41 bits per heavy atom. The van der Waals surface area contributed by atoms with Gasteiger partial charge in [-0.15, -0.1) is 0 Å². The molecule has 0 unspecified atom stereocenters. The quantitative estimate of drug-likeness (QED) is 0.652. The summed E-state index contributed by atoms with van der Waals surface area (Å²) in [5.41, 5.74) is 4.69. The Bertz CT molecular complexity index is 1110. The molecular weight excluding hydrogens is 424 g/mol. The molecule has 0 saturated carbocycles. The van der Waals surface area contributed by atoms with Crippen LogP contribution in [0.2, 0.25) is 5.02 Å². The first-order chi connectivity index (χ1) is 15.6. The largest absolute Gasteiger partial charge is 0.368 e. The molecule has 0 atom stereocenters. The van der Waals surface area contributed by atoms with E-state index in [0.29, 0.717) is 12.4 Å². The lowest BCUT2D eigenvalue weighted by Gasteiger charge is -2.35. The lowest BCUT2D eigenvalue weighted by molar-refractivity contribution is 0.257. The van der Waals surface area contributed by atoms with Gasteiger partial charge in [0.05, 0.1) is 16.4 Å². The zero-order chi connectivity index (χ0) is 22.1. The standard InChI is InChI=1S/C24H25ClN6O/c1-29-11-13-30(14-12-29)22-16-21-18(15-20(22)25)7-10-31(21)24(32)28-19-5-3-17(4-6-19)23-26-8-2-9-27-23/h2-6,8-9,15-16H,7,10-14H2,1H3,(H,28,32). The maximum atomic E-state index is 13.1. The van der Waals surface area contributed by atoms with Gasteiger partial charge in [-0.05, 0) is 61.5 Å². The Morgan fingerprint density at radius 1 is 0.969 bits per heavy atom. The molecule has 0 aliphatic carbocycles. The normalized spacial score (nSPS) is 16.2.